The van der Waals surface area contributed by atoms with E-state index in [2.05, 4.69) is 5.10 Å². The third kappa shape index (κ3) is 3.28. The fourth-order valence-electron chi connectivity index (χ4n) is 3.74. The second kappa shape index (κ2) is 6.92. The summed E-state index contributed by atoms with van der Waals surface area (Å²) in [5.41, 5.74) is 3.65. The number of carbonyl (C=O) groups is 1. The maximum absolute atomic E-state index is 13.1. The number of hydrogen-bond acceptors (Lipinski definition) is 4. The Labute approximate surface area is 147 Å². The molecule has 0 N–H and O–H groups in total. The fraction of sp³-hybridized carbons (Fsp3) is 0.556. The summed E-state index contributed by atoms with van der Waals surface area (Å²) in [6, 6.07) is 3.78. The Balaban J connectivity index is 1.56. The molecule has 25 heavy (non-hydrogen) atoms. The van der Waals surface area contributed by atoms with Gasteiger partial charge in [-0.05, 0) is 37.0 Å². The van der Waals surface area contributed by atoms with E-state index in [4.69, 9.17) is 9.15 Å². The molecule has 7 nitrogen and oxygen atoms in total. The molecular formula is C18H24N4O3. The van der Waals surface area contributed by atoms with E-state index in [0.29, 0.717) is 39.4 Å². The first-order chi connectivity index (χ1) is 12.2. The van der Waals surface area contributed by atoms with Gasteiger partial charge >= 0.3 is 6.03 Å². The SMILES string of the molecule is Cn1nc(CN(Cc2ccco2)C(=O)N2CCOCC2)c2c1CCC2. The average Bonchev–Trinajstić information content (AvgIpc) is 3.36. The maximum atomic E-state index is 13.1. The van der Waals surface area contributed by atoms with E-state index in [9.17, 15) is 4.79 Å². The smallest absolute Gasteiger partial charge is 0.320 e. The van der Waals surface area contributed by atoms with Crippen LogP contribution in [0.25, 0.3) is 0 Å². The monoisotopic (exact) mass is 344 g/mol. The van der Waals surface area contributed by atoms with Crippen molar-refractivity contribution in [3.05, 3.63) is 41.1 Å². The molecule has 0 aromatic carbocycles. The first kappa shape index (κ1) is 16.2. The predicted molar refractivity (Wildman–Crippen MR) is 91.0 cm³/mol. The van der Waals surface area contributed by atoms with Crippen LogP contribution in [0.5, 0.6) is 0 Å². The quantitative estimate of drug-likeness (QED) is 0.850. The Morgan fingerprint density at radius 1 is 1.28 bits per heavy atom. The van der Waals surface area contributed by atoms with Crippen molar-refractivity contribution in [3.8, 4) is 0 Å². The third-order valence-electron chi connectivity index (χ3n) is 5.02. The van der Waals surface area contributed by atoms with Gasteiger partial charge in [-0.2, -0.15) is 5.10 Å². The van der Waals surface area contributed by atoms with Gasteiger partial charge in [-0.1, -0.05) is 0 Å². The summed E-state index contributed by atoms with van der Waals surface area (Å²) in [7, 11) is 1.99. The number of carbonyl (C=O) groups excluding carboxylic acids is 1. The van der Waals surface area contributed by atoms with Gasteiger partial charge in [0.2, 0.25) is 0 Å². The topological polar surface area (TPSA) is 63.7 Å². The summed E-state index contributed by atoms with van der Waals surface area (Å²) < 4.78 is 12.8. The van der Waals surface area contributed by atoms with Gasteiger partial charge in [0.05, 0.1) is 38.3 Å². The maximum Gasteiger partial charge on any atom is 0.320 e. The van der Waals surface area contributed by atoms with Crippen LogP contribution < -0.4 is 0 Å². The number of amides is 2. The van der Waals surface area contributed by atoms with Crippen molar-refractivity contribution in [2.75, 3.05) is 26.3 Å². The van der Waals surface area contributed by atoms with Crippen LogP contribution in [0.4, 0.5) is 4.79 Å². The van der Waals surface area contributed by atoms with E-state index in [1.54, 1.807) is 6.26 Å². The molecule has 0 saturated carbocycles. The van der Waals surface area contributed by atoms with E-state index in [1.165, 1.54) is 17.7 Å². The van der Waals surface area contributed by atoms with Crippen molar-refractivity contribution in [2.24, 2.45) is 7.05 Å². The molecule has 1 saturated heterocycles. The molecule has 0 unspecified atom stereocenters. The van der Waals surface area contributed by atoms with Gasteiger partial charge in [0.1, 0.15) is 5.76 Å². The van der Waals surface area contributed by atoms with E-state index in [0.717, 1.165) is 24.3 Å². The van der Waals surface area contributed by atoms with Crippen LogP contribution in [0, 0.1) is 0 Å². The van der Waals surface area contributed by atoms with Crippen molar-refractivity contribution in [1.29, 1.82) is 0 Å². The lowest BCUT2D eigenvalue weighted by atomic mass is 10.2. The van der Waals surface area contributed by atoms with Crippen molar-refractivity contribution in [3.63, 3.8) is 0 Å². The number of hydrogen-bond donors (Lipinski definition) is 0. The molecular weight excluding hydrogens is 320 g/mol. The molecule has 1 fully saturated rings. The molecule has 0 bridgehead atoms. The summed E-state index contributed by atoms with van der Waals surface area (Å²) in [6.07, 6.45) is 4.95. The Kier molecular flexibility index (Phi) is 4.48. The minimum absolute atomic E-state index is 0.0251. The molecule has 2 amide bonds. The lowest BCUT2D eigenvalue weighted by molar-refractivity contribution is 0.0411. The van der Waals surface area contributed by atoms with E-state index >= 15 is 0 Å². The Morgan fingerprint density at radius 2 is 2.12 bits per heavy atom. The number of aromatic nitrogens is 2. The molecule has 3 heterocycles. The van der Waals surface area contributed by atoms with Crippen molar-refractivity contribution >= 4 is 6.03 Å². The summed E-state index contributed by atoms with van der Waals surface area (Å²) in [6.45, 7) is 3.43. The van der Waals surface area contributed by atoms with E-state index < -0.39 is 0 Å². The second-order valence-electron chi connectivity index (χ2n) is 6.67. The van der Waals surface area contributed by atoms with E-state index in [-0.39, 0.29) is 6.03 Å². The van der Waals surface area contributed by atoms with Crippen LogP contribution >= 0.6 is 0 Å². The third-order valence-corrected chi connectivity index (χ3v) is 5.02. The zero-order valence-corrected chi connectivity index (χ0v) is 14.6. The molecule has 1 aliphatic carbocycles. The minimum atomic E-state index is 0.0251. The number of urea groups is 1. The van der Waals surface area contributed by atoms with Crippen LogP contribution in [-0.4, -0.2) is 51.9 Å². The molecule has 2 aliphatic rings. The highest BCUT2D eigenvalue weighted by molar-refractivity contribution is 5.74. The lowest BCUT2D eigenvalue weighted by Crippen LogP contribution is -2.47. The molecule has 4 rings (SSSR count). The number of aryl methyl sites for hydroxylation is 1. The first-order valence-electron chi connectivity index (χ1n) is 8.90. The molecule has 7 heteroatoms. The van der Waals surface area contributed by atoms with Crippen LogP contribution in [0.15, 0.2) is 22.8 Å². The largest absolute Gasteiger partial charge is 0.467 e. The summed E-state index contributed by atoms with van der Waals surface area (Å²) in [5, 5.41) is 4.68. The standard InChI is InChI=1S/C18H24N4O3/c1-20-17-6-2-5-15(17)16(19-20)13-22(12-14-4-3-9-25-14)18(23)21-7-10-24-11-8-21/h3-4,9H,2,5-8,10-13H2,1H3. The van der Waals surface area contributed by atoms with Gasteiger partial charge in [0, 0.05) is 25.8 Å². The zero-order valence-electron chi connectivity index (χ0n) is 14.6. The normalized spacial score (nSPS) is 16.9. The van der Waals surface area contributed by atoms with Gasteiger partial charge in [0.15, 0.2) is 0 Å². The van der Waals surface area contributed by atoms with Crippen molar-refractivity contribution < 1.29 is 13.9 Å². The first-order valence-corrected chi connectivity index (χ1v) is 8.90. The Morgan fingerprint density at radius 3 is 2.88 bits per heavy atom. The van der Waals surface area contributed by atoms with Crippen molar-refractivity contribution in [1.82, 2.24) is 19.6 Å². The highest BCUT2D eigenvalue weighted by atomic mass is 16.5. The van der Waals surface area contributed by atoms with Gasteiger partial charge in [-0.15, -0.1) is 0 Å². The average molecular weight is 344 g/mol. The minimum Gasteiger partial charge on any atom is -0.467 e. The van der Waals surface area contributed by atoms with E-state index in [1.807, 2.05) is 33.7 Å². The van der Waals surface area contributed by atoms with Crippen LogP contribution in [0.3, 0.4) is 0 Å². The molecule has 0 spiro atoms. The predicted octanol–water partition coefficient (Wildman–Crippen LogP) is 1.96. The van der Waals surface area contributed by atoms with Crippen LogP contribution in [0.2, 0.25) is 0 Å². The second-order valence-corrected chi connectivity index (χ2v) is 6.67. The number of fused-ring (bicyclic) bond motifs is 1. The van der Waals surface area contributed by atoms with Gasteiger partial charge in [-0.3, -0.25) is 4.68 Å². The number of rotatable bonds is 4. The Hall–Kier alpha value is -2.28. The number of furan rings is 1. The molecule has 134 valence electrons. The highest BCUT2D eigenvalue weighted by Crippen LogP contribution is 2.26. The fourth-order valence-corrected chi connectivity index (χ4v) is 3.74. The molecule has 2 aromatic rings. The Bertz CT molecular complexity index is 732. The zero-order chi connectivity index (χ0) is 17.2. The summed E-state index contributed by atoms with van der Waals surface area (Å²) in [4.78, 5) is 16.8. The number of ether oxygens (including phenoxy) is 1. The number of morpholine rings is 1. The van der Waals surface area contributed by atoms with Crippen LogP contribution in [0.1, 0.15) is 29.1 Å². The highest BCUT2D eigenvalue weighted by Gasteiger charge is 2.27. The summed E-state index contributed by atoms with van der Waals surface area (Å²) in [5.74, 6) is 0.786. The molecule has 1 aliphatic heterocycles. The van der Waals surface area contributed by atoms with Crippen molar-refractivity contribution in [2.45, 2.75) is 32.4 Å². The molecule has 0 atom stereocenters. The number of nitrogens with zero attached hydrogens (tertiary/aromatic N) is 4. The van der Waals surface area contributed by atoms with Gasteiger partial charge in [-0.25, -0.2) is 4.79 Å². The molecule has 2 aromatic heterocycles. The lowest BCUT2D eigenvalue weighted by Gasteiger charge is -2.32. The van der Waals surface area contributed by atoms with Crippen LogP contribution in [-0.2, 0) is 37.7 Å². The summed E-state index contributed by atoms with van der Waals surface area (Å²) >= 11 is 0. The molecule has 0 radical (unpaired) electrons. The van der Waals surface area contributed by atoms with Gasteiger partial charge < -0.3 is 19.0 Å². The van der Waals surface area contributed by atoms with Gasteiger partial charge in [0.25, 0.3) is 0 Å².